The van der Waals surface area contributed by atoms with E-state index in [-0.39, 0.29) is 11.8 Å². The Morgan fingerprint density at radius 2 is 2.19 bits per heavy atom. The van der Waals surface area contributed by atoms with Crippen molar-refractivity contribution in [1.82, 2.24) is 10.2 Å². The molecule has 3 rings (SSSR count). The summed E-state index contributed by atoms with van der Waals surface area (Å²) in [6.45, 7) is 10.9. The van der Waals surface area contributed by atoms with E-state index in [2.05, 4.69) is 63.0 Å². The molecule has 4 heteroatoms. The summed E-state index contributed by atoms with van der Waals surface area (Å²) in [4.78, 5) is 2.25. The smallest absolute Gasteiger partial charge is 0.187 e. The van der Waals surface area contributed by atoms with Gasteiger partial charge in [0.25, 0.3) is 0 Å². The van der Waals surface area contributed by atoms with Crippen LogP contribution in [0.3, 0.4) is 0 Å². The van der Waals surface area contributed by atoms with Gasteiger partial charge in [-0.05, 0) is 45.0 Å². The van der Waals surface area contributed by atoms with Gasteiger partial charge in [0.15, 0.2) is 10.8 Å². The summed E-state index contributed by atoms with van der Waals surface area (Å²) in [5.41, 5.74) is 2.03. The molecular formula is C17H24N2OS. The average molecular weight is 304 g/mol. The highest BCUT2D eigenvalue weighted by molar-refractivity contribution is 7.80. The second-order valence-corrected chi connectivity index (χ2v) is 6.88. The molecule has 0 spiro atoms. The fourth-order valence-electron chi connectivity index (χ4n) is 3.63. The zero-order chi connectivity index (χ0) is 15.4. The maximum absolute atomic E-state index is 6.54. The summed E-state index contributed by atoms with van der Waals surface area (Å²) in [5, 5.41) is 4.36. The molecular weight excluding hydrogens is 280 g/mol. The van der Waals surface area contributed by atoms with E-state index in [0.29, 0.717) is 12.0 Å². The summed E-state index contributed by atoms with van der Waals surface area (Å²) in [6.07, 6.45) is 1.04. The summed E-state index contributed by atoms with van der Waals surface area (Å²) in [5.74, 6) is 1.35. The first-order valence-corrected chi connectivity index (χ1v) is 8.19. The fraction of sp³-hybridized carbons (Fsp3) is 0.588. The monoisotopic (exact) mass is 304 g/mol. The van der Waals surface area contributed by atoms with Crippen molar-refractivity contribution >= 4 is 17.3 Å². The number of nitrogens with zero attached hydrogens (tertiary/aromatic N) is 1. The summed E-state index contributed by atoms with van der Waals surface area (Å²) >= 11 is 5.65. The van der Waals surface area contributed by atoms with E-state index in [0.717, 1.165) is 17.3 Å². The van der Waals surface area contributed by atoms with E-state index in [9.17, 15) is 0 Å². The second-order valence-electron chi connectivity index (χ2n) is 6.49. The molecule has 114 valence electrons. The topological polar surface area (TPSA) is 24.5 Å². The van der Waals surface area contributed by atoms with Crippen LogP contribution in [0.1, 0.15) is 51.3 Å². The van der Waals surface area contributed by atoms with E-state index in [1.807, 2.05) is 0 Å². The van der Waals surface area contributed by atoms with E-state index < -0.39 is 0 Å². The van der Waals surface area contributed by atoms with Gasteiger partial charge >= 0.3 is 0 Å². The van der Waals surface area contributed by atoms with E-state index >= 15 is 0 Å². The minimum atomic E-state index is -0.387. The third-order valence-electron chi connectivity index (χ3n) is 5.24. The maximum Gasteiger partial charge on any atom is 0.187 e. The molecule has 0 aromatic heterocycles. The molecule has 1 saturated heterocycles. The minimum Gasteiger partial charge on any atom is -0.467 e. The molecule has 4 atom stereocenters. The molecule has 1 N–H and O–H groups in total. The Bertz CT molecular complexity index is 588. The van der Waals surface area contributed by atoms with Gasteiger partial charge in [0.05, 0.1) is 6.04 Å². The van der Waals surface area contributed by atoms with Crippen LogP contribution in [-0.4, -0.2) is 21.8 Å². The van der Waals surface area contributed by atoms with Crippen molar-refractivity contribution in [3.05, 3.63) is 29.3 Å². The molecule has 21 heavy (non-hydrogen) atoms. The molecule has 2 aliphatic rings. The number of nitrogens with one attached hydrogen (secondary N) is 1. The normalized spacial score (nSPS) is 32.0. The molecule has 3 nitrogen and oxygen atoms in total. The zero-order valence-electron chi connectivity index (χ0n) is 13.4. The second kappa shape index (κ2) is 4.87. The Morgan fingerprint density at radius 1 is 1.48 bits per heavy atom. The largest absolute Gasteiger partial charge is 0.467 e. The first kappa shape index (κ1) is 14.6. The lowest BCUT2D eigenvalue weighted by molar-refractivity contribution is -0.124. The van der Waals surface area contributed by atoms with E-state index in [1.165, 1.54) is 11.1 Å². The van der Waals surface area contributed by atoms with Crippen LogP contribution in [0, 0.1) is 12.8 Å². The van der Waals surface area contributed by atoms with Crippen molar-refractivity contribution in [3.8, 4) is 5.75 Å². The van der Waals surface area contributed by atoms with Crippen molar-refractivity contribution in [2.45, 2.75) is 58.8 Å². The Kier molecular flexibility index (Phi) is 3.40. The lowest BCUT2D eigenvalue weighted by Gasteiger charge is -2.58. The Labute approximate surface area is 132 Å². The van der Waals surface area contributed by atoms with Crippen LogP contribution in [0.25, 0.3) is 0 Å². The third kappa shape index (κ3) is 1.95. The molecule has 0 saturated carbocycles. The summed E-state index contributed by atoms with van der Waals surface area (Å²) in [7, 11) is 0. The van der Waals surface area contributed by atoms with Crippen LogP contribution in [0.5, 0.6) is 5.75 Å². The number of rotatable bonds is 2. The van der Waals surface area contributed by atoms with Crippen LogP contribution in [0.15, 0.2) is 18.2 Å². The Balaban J connectivity index is 2.14. The zero-order valence-corrected chi connectivity index (χ0v) is 14.3. The molecule has 2 bridgehead atoms. The molecule has 2 heterocycles. The number of hydrogen-bond donors (Lipinski definition) is 1. The van der Waals surface area contributed by atoms with Crippen LogP contribution in [0.2, 0.25) is 0 Å². The first-order chi connectivity index (χ1) is 9.90. The number of ether oxygens (including phenoxy) is 1. The number of fused-ring (bicyclic) bond motifs is 4. The molecule has 2 aliphatic heterocycles. The molecule has 1 aromatic carbocycles. The predicted octanol–water partition coefficient (Wildman–Crippen LogP) is 3.77. The van der Waals surface area contributed by atoms with Crippen molar-refractivity contribution in [1.29, 1.82) is 0 Å². The Morgan fingerprint density at radius 3 is 2.86 bits per heavy atom. The molecule has 1 fully saturated rings. The molecule has 0 aliphatic carbocycles. The van der Waals surface area contributed by atoms with Gasteiger partial charge in [-0.25, -0.2) is 0 Å². The SMILES string of the molecule is CCC(C)N1C(=S)NC2c3cccc(C)c3OC1(C)C2C. The molecule has 1 aromatic rings. The maximum atomic E-state index is 6.54. The van der Waals surface area contributed by atoms with Crippen molar-refractivity contribution in [2.24, 2.45) is 5.92 Å². The van der Waals surface area contributed by atoms with E-state index in [4.69, 9.17) is 17.0 Å². The van der Waals surface area contributed by atoms with Crippen LogP contribution in [-0.2, 0) is 0 Å². The molecule has 0 radical (unpaired) electrons. The van der Waals surface area contributed by atoms with Crippen molar-refractivity contribution in [3.63, 3.8) is 0 Å². The van der Waals surface area contributed by atoms with Gasteiger partial charge in [-0.2, -0.15) is 0 Å². The van der Waals surface area contributed by atoms with Crippen molar-refractivity contribution in [2.75, 3.05) is 0 Å². The molecule has 4 unspecified atom stereocenters. The van der Waals surface area contributed by atoms with Gasteiger partial charge < -0.3 is 15.0 Å². The van der Waals surface area contributed by atoms with Crippen molar-refractivity contribution < 1.29 is 4.74 Å². The predicted molar refractivity (Wildman–Crippen MR) is 89.4 cm³/mol. The quantitative estimate of drug-likeness (QED) is 0.841. The van der Waals surface area contributed by atoms with Gasteiger partial charge in [0, 0.05) is 17.5 Å². The Hall–Kier alpha value is -1.29. The fourth-order valence-corrected chi connectivity index (χ4v) is 4.12. The lowest BCUT2D eigenvalue weighted by atomic mass is 9.79. The third-order valence-corrected chi connectivity index (χ3v) is 5.55. The van der Waals surface area contributed by atoms with E-state index in [1.54, 1.807) is 0 Å². The lowest BCUT2D eigenvalue weighted by Crippen LogP contribution is -2.70. The van der Waals surface area contributed by atoms with Gasteiger partial charge in [-0.3, -0.25) is 0 Å². The van der Waals surface area contributed by atoms with Crippen LogP contribution in [0.4, 0.5) is 0 Å². The number of thiocarbonyl (C=S) groups is 1. The van der Waals surface area contributed by atoms with Crippen LogP contribution >= 0.6 is 12.2 Å². The van der Waals surface area contributed by atoms with Gasteiger partial charge in [0.1, 0.15) is 5.75 Å². The highest BCUT2D eigenvalue weighted by Gasteiger charge is 2.54. The molecule has 0 amide bonds. The van der Waals surface area contributed by atoms with Gasteiger partial charge in [0.2, 0.25) is 0 Å². The van der Waals surface area contributed by atoms with Crippen LogP contribution < -0.4 is 10.1 Å². The van der Waals surface area contributed by atoms with Gasteiger partial charge in [-0.1, -0.05) is 32.0 Å². The first-order valence-electron chi connectivity index (χ1n) is 7.78. The minimum absolute atomic E-state index is 0.228. The summed E-state index contributed by atoms with van der Waals surface area (Å²) in [6, 6.07) is 6.94. The standard InChI is InChI=1S/C17H24N2OS/c1-6-11(3)19-16(21)18-14-12(4)17(19,5)20-15-10(2)8-7-9-13(14)15/h7-9,11-12,14H,6H2,1-5H3,(H,18,21). The number of para-hydroxylation sites is 1. The highest BCUT2D eigenvalue weighted by Crippen LogP contribution is 2.49. The van der Waals surface area contributed by atoms with Gasteiger partial charge in [-0.15, -0.1) is 0 Å². The highest BCUT2D eigenvalue weighted by atomic mass is 32.1. The summed E-state index contributed by atoms with van der Waals surface area (Å²) < 4.78 is 6.54. The average Bonchev–Trinajstić information content (AvgIpc) is 2.43. The number of hydrogen-bond acceptors (Lipinski definition) is 2. The number of aryl methyl sites for hydroxylation is 1. The number of benzene rings is 1.